The Bertz CT molecular complexity index is 1200. The van der Waals surface area contributed by atoms with Crippen molar-refractivity contribution in [3.8, 4) is 11.6 Å². The van der Waals surface area contributed by atoms with E-state index in [2.05, 4.69) is 25.4 Å². The first-order chi connectivity index (χ1) is 14.3. The number of hydrogen-bond donors (Lipinski definition) is 2. The van der Waals surface area contributed by atoms with Crippen LogP contribution in [0, 0.1) is 5.92 Å². The third-order valence-corrected chi connectivity index (χ3v) is 4.86. The van der Waals surface area contributed by atoms with Crippen LogP contribution in [0.15, 0.2) is 59.7 Å². The van der Waals surface area contributed by atoms with E-state index in [9.17, 15) is 4.79 Å². The lowest BCUT2D eigenvalue weighted by atomic mass is 10.2. The van der Waals surface area contributed by atoms with Gasteiger partial charge in [0, 0.05) is 18.8 Å². The minimum Gasteiger partial charge on any atom is -0.477 e. The zero-order valence-electron chi connectivity index (χ0n) is 15.7. The van der Waals surface area contributed by atoms with Crippen LogP contribution in [-0.4, -0.2) is 31.3 Å². The smallest absolute Gasteiger partial charge is 0.263 e. The van der Waals surface area contributed by atoms with E-state index in [1.54, 1.807) is 10.9 Å². The van der Waals surface area contributed by atoms with Gasteiger partial charge in [0.2, 0.25) is 11.8 Å². The minimum absolute atomic E-state index is 0.233. The highest BCUT2D eigenvalue weighted by molar-refractivity contribution is 5.76. The second-order valence-electron chi connectivity index (χ2n) is 7.15. The van der Waals surface area contributed by atoms with Crippen molar-refractivity contribution < 1.29 is 4.74 Å². The predicted molar refractivity (Wildman–Crippen MR) is 109 cm³/mol. The van der Waals surface area contributed by atoms with E-state index in [4.69, 9.17) is 4.74 Å². The van der Waals surface area contributed by atoms with E-state index in [1.807, 2.05) is 42.5 Å². The number of fused-ring (bicyclic) bond motifs is 1. The maximum atomic E-state index is 12.4. The van der Waals surface area contributed by atoms with Gasteiger partial charge in [-0.25, -0.2) is 9.67 Å². The molecule has 1 saturated carbocycles. The molecule has 0 aliphatic heterocycles. The summed E-state index contributed by atoms with van der Waals surface area (Å²) in [5, 5.41) is 7.94. The second kappa shape index (κ2) is 7.38. The number of anilines is 1. The van der Waals surface area contributed by atoms with Crippen molar-refractivity contribution in [1.29, 1.82) is 0 Å². The van der Waals surface area contributed by atoms with Crippen LogP contribution in [0.3, 0.4) is 0 Å². The number of H-pyrrole nitrogens is 1. The summed E-state index contributed by atoms with van der Waals surface area (Å²) in [5.41, 5.74) is 2.11. The topological polar surface area (TPSA) is 97.7 Å². The molecule has 0 amide bonds. The van der Waals surface area contributed by atoms with Crippen molar-refractivity contribution in [2.45, 2.75) is 19.4 Å². The molecule has 1 aliphatic rings. The molecular formula is C21H20N6O2. The van der Waals surface area contributed by atoms with Gasteiger partial charge >= 0.3 is 0 Å². The normalized spacial score (nSPS) is 13.5. The van der Waals surface area contributed by atoms with E-state index in [-0.39, 0.29) is 5.56 Å². The molecule has 5 rings (SSSR count). The Morgan fingerprint density at radius 1 is 1.21 bits per heavy atom. The summed E-state index contributed by atoms with van der Waals surface area (Å²) in [4.78, 5) is 24.0. The number of rotatable bonds is 7. The molecule has 1 fully saturated rings. The van der Waals surface area contributed by atoms with Crippen LogP contribution >= 0.6 is 0 Å². The third kappa shape index (κ3) is 3.82. The van der Waals surface area contributed by atoms with E-state index in [0.717, 1.165) is 17.9 Å². The summed E-state index contributed by atoms with van der Waals surface area (Å²) in [6.07, 6.45) is 5.73. The molecule has 0 saturated heterocycles. The molecule has 0 atom stereocenters. The van der Waals surface area contributed by atoms with Gasteiger partial charge in [-0.3, -0.25) is 9.78 Å². The number of nitrogens with one attached hydrogen (secondary N) is 2. The number of pyridine rings is 1. The van der Waals surface area contributed by atoms with Crippen LogP contribution in [0.5, 0.6) is 5.88 Å². The molecule has 146 valence electrons. The molecule has 8 nitrogen and oxygen atoms in total. The second-order valence-corrected chi connectivity index (χ2v) is 7.15. The Morgan fingerprint density at radius 2 is 2.07 bits per heavy atom. The van der Waals surface area contributed by atoms with Crippen molar-refractivity contribution >= 4 is 17.0 Å². The lowest BCUT2D eigenvalue weighted by Crippen LogP contribution is -2.13. The first-order valence-electron chi connectivity index (χ1n) is 9.61. The van der Waals surface area contributed by atoms with Gasteiger partial charge in [0.1, 0.15) is 5.39 Å². The number of aromatic amines is 1. The van der Waals surface area contributed by atoms with E-state index >= 15 is 0 Å². The molecule has 0 radical (unpaired) electrons. The van der Waals surface area contributed by atoms with Crippen LogP contribution in [0.4, 0.5) is 5.95 Å². The van der Waals surface area contributed by atoms with Crippen LogP contribution in [-0.2, 0) is 6.54 Å². The van der Waals surface area contributed by atoms with Crippen molar-refractivity contribution in [3.05, 3.63) is 70.8 Å². The first-order valence-corrected chi connectivity index (χ1v) is 9.61. The number of aromatic nitrogens is 5. The number of benzene rings is 1. The van der Waals surface area contributed by atoms with Crippen LogP contribution in [0.25, 0.3) is 16.7 Å². The molecule has 8 heteroatoms. The van der Waals surface area contributed by atoms with Gasteiger partial charge in [-0.05, 0) is 42.5 Å². The molecule has 0 spiro atoms. The van der Waals surface area contributed by atoms with Gasteiger partial charge in [0.15, 0.2) is 5.65 Å². The van der Waals surface area contributed by atoms with Crippen LogP contribution in [0.1, 0.15) is 18.4 Å². The zero-order valence-corrected chi connectivity index (χ0v) is 15.7. The molecule has 0 unspecified atom stereocenters. The summed E-state index contributed by atoms with van der Waals surface area (Å²) in [7, 11) is 0. The molecule has 2 N–H and O–H groups in total. The Hall–Kier alpha value is -3.68. The van der Waals surface area contributed by atoms with Crippen molar-refractivity contribution in [2.24, 2.45) is 5.92 Å². The Balaban J connectivity index is 1.37. The van der Waals surface area contributed by atoms with Gasteiger partial charge in [-0.1, -0.05) is 18.2 Å². The number of ether oxygens (including phenoxy) is 1. The number of hydrogen-bond acceptors (Lipinski definition) is 6. The van der Waals surface area contributed by atoms with Gasteiger partial charge in [0.05, 0.1) is 18.5 Å². The molecule has 1 aromatic carbocycles. The quantitative estimate of drug-likeness (QED) is 0.505. The molecule has 1 aliphatic carbocycles. The number of para-hydroxylation sites is 1. The predicted octanol–water partition coefficient (Wildman–Crippen LogP) is 2.90. The first kappa shape index (κ1) is 17.4. The standard InChI is InChI=1S/C21H20N6O2/c28-20-17-12-24-27(16-4-2-1-3-5-16)19(17)25-21(26-20)23-11-15-8-9-22-18(10-15)29-13-14-6-7-14/h1-5,8-10,12,14H,6-7,11,13H2,(H2,23,25,26,28). The fraction of sp³-hybridized carbons (Fsp3) is 0.238. The summed E-state index contributed by atoms with van der Waals surface area (Å²) < 4.78 is 7.39. The van der Waals surface area contributed by atoms with E-state index < -0.39 is 0 Å². The highest BCUT2D eigenvalue weighted by Crippen LogP contribution is 2.29. The largest absolute Gasteiger partial charge is 0.477 e. The Labute approximate surface area is 166 Å². The van der Waals surface area contributed by atoms with Gasteiger partial charge in [-0.15, -0.1) is 0 Å². The maximum absolute atomic E-state index is 12.4. The van der Waals surface area contributed by atoms with Crippen molar-refractivity contribution in [1.82, 2.24) is 24.7 Å². The van der Waals surface area contributed by atoms with Crippen molar-refractivity contribution in [2.75, 3.05) is 11.9 Å². The van der Waals surface area contributed by atoms with Gasteiger partial charge in [0.25, 0.3) is 5.56 Å². The van der Waals surface area contributed by atoms with Crippen LogP contribution in [0.2, 0.25) is 0 Å². The Kier molecular flexibility index (Phi) is 4.44. The lowest BCUT2D eigenvalue weighted by molar-refractivity contribution is 0.288. The molecule has 0 bridgehead atoms. The molecular weight excluding hydrogens is 368 g/mol. The fourth-order valence-corrected chi connectivity index (χ4v) is 3.07. The van der Waals surface area contributed by atoms with Gasteiger partial charge < -0.3 is 10.1 Å². The average Bonchev–Trinajstić information content (AvgIpc) is 3.49. The van der Waals surface area contributed by atoms with E-state index in [1.165, 1.54) is 19.0 Å². The lowest BCUT2D eigenvalue weighted by Gasteiger charge is -2.09. The molecule has 3 aromatic heterocycles. The van der Waals surface area contributed by atoms with E-state index in [0.29, 0.717) is 35.3 Å². The van der Waals surface area contributed by atoms with Gasteiger partial charge in [-0.2, -0.15) is 10.1 Å². The molecule has 3 heterocycles. The average molecular weight is 388 g/mol. The van der Waals surface area contributed by atoms with Crippen molar-refractivity contribution in [3.63, 3.8) is 0 Å². The number of nitrogens with zero attached hydrogens (tertiary/aromatic N) is 4. The highest BCUT2D eigenvalue weighted by atomic mass is 16.5. The minimum atomic E-state index is -0.233. The SMILES string of the molecule is O=c1[nH]c(NCc2ccnc(OCC3CC3)c2)nc2c1cnn2-c1ccccc1. The van der Waals surface area contributed by atoms with Crippen LogP contribution < -0.4 is 15.6 Å². The summed E-state index contributed by atoms with van der Waals surface area (Å²) in [6.45, 7) is 1.20. The highest BCUT2D eigenvalue weighted by Gasteiger charge is 2.22. The molecule has 4 aromatic rings. The maximum Gasteiger partial charge on any atom is 0.263 e. The monoisotopic (exact) mass is 388 g/mol. The summed E-state index contributed by atoms with van der Waals surface area (Å²) in [5.74, 6) is 1.68. The summed E-state index contributed by atoms with van der Waals surface area (Å²) in [6, 6.07) is 13.4. The molecule has 29 heavy (non-hydrogen) atoms. The zero-order chi connectivity index (χ0) is 19.6. The Morgan fingerprint density at radius 3 is 2.90 bits per heavy atom. The fourth-order valence-electron chi connectivity index (χ4n) is 3.07. The third-order valence-electron chi connectivity index (χ3n) is 4.86. The summed E-state index contributed by atoms with van der Waals surface area (Å²) >= 11 is 0.